The highest BCUT2D eigenvalue weighted by Crippen LogP contribution is 2.36. The largest absolute Gasteiger partial charge is 0.462 e. The van der Waals surface area contributed by atoms with Crippen LogP contribution < -0.4 is 0 Å². The topological polar surface area (TPSA) is 38.9 Å². The van der Waals surface area contributed by atoms with Gasteiger partial charge in [-0.1, -0.05) is 75.4 Å². The Bertz CT molecular complexity index is 1630. The first-order chi connectivity index (χ1) is 16.0. The SMILES string of the molecule is CC(C)(C)c1ccc2c(-c3ccc(-c4cccc5ccccc45)cn3)cc3ccoc3c2n1. The van der Waals surface area contributed by atoms with Gasteiger partial charge in [0.25, 0.3) is 0 Å². The molecule has 0 radical (unpaired) electrons. The van der Waals surface area contributed by atoms with Crippen LogP contribution in [0.5, 0.6) is 0 Å². The van der Waals surface area contributed by atoms with Crippen molar-refractivity contribution in [2.45, 2.75) is 26.2 Å². The van der Waals surface area contributed by atoms with Crippen molar-refractivity contribution in [2.24, 2.45) is 0 Å². The predicted octanol–water partition coefficient (Wildman–Crippen LogP) is 8.16. The Morgan fingerprint density at radius 3 is 2.39 bits per heavy atom. The van der Waals surface area contributed by atoms with Gasteiger partial charge in [0.15, 0.2) is 5.58 Å². The van der Waals surface area contributed by atoms with Crippen LogP contribution in [0.1, 0.15) is 26.5 Å². The first-order valence-electron chi connectivity index (χ1n) is 11.2. The number of hydrogen-bond acceptors (Lipinski definition) is 3. The van der Waals surface area contributed by atoms with E-state index in [1.54, 1.807) is 6.26 Å². The molecule has 0 amide bonds. The summed E-state index contributed by atoms with van der Waals surface area (Å²) in [5.41, 5.74) is 7.02. The van der Waals surface area contributed by atoms with E-state index in [2.05, 4.69) is 93.6 Å². The molecule has 0 atom stereocenters. The number of aromatic nitrogens is 2. The summed E-state index contributed by atoms with van der Waals surface area (Å²) in [4.78, 5) is 9.90. The Labute approximate surface area is 192 Å². The lowest BCUT2D eigenvalue weighted by molar-refractivity contribution is 0.570. The molecule has 0 N–H and O–H groups in total. The standard InChI is InChI=1S/C30H24N2O/c1-30(2,3)27-14-12-24-25(17-20-15-16-33-29(20)28(24)32-27)26-13-11-21(18-31-26)23-10-6-8-19-7-4-5-9-22(19)23/h4-18H,1-3H3. The zero-order chi connectivity index (χ0) is 22.6. The fourth-order valence-electron chi connectivity index (χ4n) is 4.53. The fraction of sp³-hybridized carbons (Fsp3) is 0.133. The lowest BCUT2D eigenvalue weighted by Gasteiger charge is -2.18. The fourth-order valence-corrected chi connectivity index (χ4v) is 4.53. The third-order valence-corrected chi connectivity index (χ3v) is 6.30. The summed E-state index contributed by atoms with van der Waals surface area (Å²) < 4.78 is 5.82. The van der Waals surface area contributed by atoms with Crippen LogP contribution >= 0.6 is 0 Å². The van der Waals surface area contributed by atoms with Crippen LogP contribution in [-0.4, -0.2) is 9.97 Å². The molecule has 3 nitrogen and oxygen atoms in total. The highest BCUT2D eigenvalue weighted by Gasteiger charge is 2.19. The van der Waals surface area contributed by atoms with Gasteiger partial charge >= 0.3 is 0 Å². The summed E-state index contributed by atoms with van der Waals surface area (Å²) in [6, 6.07) is 27.5. The van der Waals surface area contributed by atoms with Gasteiger partial charge in [-0.3, -0.25) is 4.98 Å². The summed E-state index contributed by atoms with van der Waals surface area (Å²) in [6.07, 6.45) is 3.70. The van der Waals surface area contributed by atoms with E-state index in [0.29, 0.717) is 0 Å². The summed E-state index contributed by atoms with van der Waals surface area (Å²) in [5.74, 6) is 0. The molecule has 160 valence electrons. The van der Waals surface area contributed by atoms with E-state index in [1.165, 1.54) is 16.3 Å². The molecule has 0 unspecified atom stereocenters. The first-order valence-corrected chi connectivity index (χ1v) is 11.2. The maximum atomic E-state index is 5.82. The molecule has 3 aromatic carbocycles. The van der Waals surface area contributed by atoms with Crippen LogP contribution in [0.15, 0.2) is 95.7 Å². The monoisotopic (exact) mass is 428 g/mol. The molecular formula is C30H24N2O. The van der Waals surface area contributed by atoms with Gasteiger partial charge in [0.2, 0.25) is 0 Å². The van der Waals surface area contributed by atoms with Crippen molar-refractivity contribution in [2.75, 3.05) is 0 Å². The van der Waals surface area contributed by atoms with E-state index in [0.717, 1.165) is 44.4 Å². The quantitative estimate of drug-likeness (QED) is 0.279. The molecule has 0 aliphatic rings. The molecule has 0 fully saturated rings. The average Bonchev–Trinajstić information content (AvgIpc) is 3.31. The first kappa shape index (κ1) is 19.7. The molecule has 0 aliphatic heterocycles. The number of fused-ring (bicyclic) bond motifs is 4. The molecule has 0 saturated carbocycles. The Morgan fingerprint density at radius 2 is 1.58 bits per heavy atom. The Morgan fingerprint density at radius 1 is 0.727 bits per heavy atom. The second kappa shape index (κ2) is 7.28. The molecule has 6 rings (SSSR count). The van der Waals surface area contributed by atoms with Gasteiger partial charge in [-0.15, -0.1) is 0 Å². The highest BCUT2D eigenvalue weighted by molar-refractivity contribution is 6.09. The van der Waals surface area contributed by atoms with Crippen molar-refractivity contribution in [3.05, 3.63) is 97.0 Å². The summed E-state index contributed by atoms with van der Waals surface area (Å²) >= 11 is 0. The van der Waals surface area contributed by atoms with Crippen molar-refractivity contribution < 1.29 is 4.42 Å². The minimum atomic E-state index is -0.0402. The molecule has 0 bridgehead atoms. The van der Waals surface area contributed by atoms with Crippen LogP contribution in [0, 0.1) is 0 Å². The summed E-state index contributed by atoms with van der Waals surface area (Å²) in [5, 5.41) is 4.56. The normalized spacial score (nSPS) is 12.1. The summed E-state index contributed by atoms with van der Waals surface area (Å²) in [6.45, 7) is 6.54. The van der Waals surface area contributed by atoms with Crippen molar-refractivity contribution in [3.63, 3.8) is 0 Å². The minimum absolute atomic E-state index is 0.0402. The Hall–Kier alpha value is -3.98. The van der Waals surface area contributed by atoms with Crippen LogP contribution in [-0.2, 0) is 5.41 Å². The van der Waals surface area contributed by atoms with Crippen LogP contribution in [0.2, 0.25) is 0 Å². The van der Waals surface area contributed by atoms with Crippen molar-refractivity contribution >= 4 is 32.6 Å². The summed E-state index contributed by atoms with van der Waals surface area (Å²) in [7, 11) is 0. The zero-order valence-electron chi connectivity index (χ0n) is 19.0. The minimum Gasteiger partial charge on any atom is -0.462 e. The molecule has 33 heavy (non-hydrogen) atoms. The Balaban J connectivity index is 1.52. The van der Waals surface area contributed by atoms with Crippen LogP contribution in [0.3, 0.4) is 0 Å². The van der Waals surface area contributed by atoms with Gasteiger partial charge in [0, 0.05) is 39.2 Å². The molecule has 3 heteroatoms. The number of nitrogens with zero attached hydrogens (tertiary/aromatic N) is 2. The van der Waals surface area contributed by atoms with Gasteiger partial charge in [0.05, 0.1) is 12.0 Å². The predicted molar refractivity (Wildman–Crippen MR) is 136 cm³/mol. The number of furan rings is 1. The molecule has 6 aromatic rings. The van der Waals surface area contributed by atoms with Crippen molar-refractivity contribution in [3.8, 4) is 22.4 Å². The van der Waals surface area contributed by atoms with Gasteiger partial charge in [0.1, 0.15) is 5.52 Å². The zero-order valence-corrected chi connectivity index (χ0v) is 19.0. The maximum absolute atomic E-state index is 5.82. The van der Waals surface area contributed by atoms with E-state index in [1.807, 2.05) is 12.3 Å². The third-order valence-electron chi connectivity index (χ3n) is 6.30. The van der Waals surface area contributed by atoms with Gasteiger partial charge in [-0.05, 0) is 40.6 Å². The van der Waals surface area contributed by atoms with Crippen LogP contribution in [0.25, 0.3) is 55.0 Å². The van der Waals surface area contributed by atoms with E-state index < -0.39 is 0 Å². The number of rotatable bonds is 2. The Kier molecular flexibility index (Phi) is 4.34. The van der Waals surface area contributed by atoms with Gasteiger partial charge in [-0.25, -0.2) is 4.98 Å². The van der Waals surface area contributed by atoms with E-state index in [4.69, 9.17) is 14.4 Å². The van der Waals surface area contributed by atoms with E-state index in [9.17, 15) is 0 Å². The van der Waals surface area contributed by atoms with Gasteiger partial charge < -0.3 is 4.42 Å². The molecule has 0 spiro atoms. The van der Waals surface area contributed by atoms with E-state index in [-0.39, 0.29) is 5.41 Å². The number of hydrogen-bond donors (Lipinski definition) is 0. The van der Waals surface area contributed by atoms with Crippen LogP contribution in [0.4, 0.5) is 0 Å². The number of pyridine rings is 2. The maximum Gasteiger partial charge on any atom is 0.160 e. The molecule has 3 aromatic heterocycles. The lowest BCUT2D eigenvalue weighted by Crippen LogP contribution is -2.13. The third kappa shape index (κ3) is 3.28. The second-order valence-electron chi connectivity index (χ2n) is 9.56. The molecule has 3 heterocycles. The van der Waals surface area contributed by atoms with Gasteiger partial charge in [-0.2, -0.15) is 0 Å². The van der Waals surface area contributed by atoms with E-state index >= 15 is 0 Å². The lowest BCUT2D eigenvalue weighted by atomic mass is 9.90. The molecular weight excluding hydrogens is 404 g/mol. The van der Waals surface area contributed by atoms with Crippen molar-refractivity contribution in [1.82, 2.24) is 9.97 Å². The number of benzene rings is 3. The molecule has 0 aliphatic carbocycles. The average molecular weight is 429 g/mol. The van der Waals surface area contributed by atoms with Crippen molar-refractivity contribution in [1.29, 1.82) is 0 Å². The highest BCUT2D eigenvalue weighted by atomic mass is 16.3. The smallest absolute Gasteiger partial charge is 0.160 e. The second-order valence-corrected chi connectivity index (χ2v) is 9.56. The molecule has 0 saturated heterocycles.